The van der Waals surface area contributed by atoms with E-state index in [4.69, 9.17) is 4.74 Å². The summed E-state index contributed by atoms with van der Waals surface area (Å²) in [7, 11) is 0. The van der Waals surface area contributed by atoms with Gasteiger partial charge in [0.1, 0.15) is 5.75 Å². The van der Waals surface area contributed by atoms with E-state index in [9.17, 15) is 10.1 Å². The number of nitro benzene ring substituents is 1. The van der Waals surface area contributed by atoms with Crippen molar-refractivity contribution in [2.75, 3.05) is 29.9 Å². The third-order valence-electron chi connectivity index (χ3n) is 3.24. The molecule has 24 heavy (non-hydrogen) atoms. The van der Waals surface area contributed by atoms with Gasteiger partial charge in [-0.2, -0.15) is 15.0 Å². The van der Waals surface area contributed by atoms with Crippen molar-refractivity contribution in [1.82, 2.24) is 15.0 Å². The number of non-ortho nitro benzene ring substituents is 1. The third-order valence-corrected chi connectivity index (χ3v) is 3.24. The maximum atomic E-state index is 10.7. The topological polar surface area (TPSA) is 106 Å². The predicted molar refractivity (Wildman–Crippen MR) is 90.7 cm³/mol. The van der Waals surface area contributed by atoms with Crippen molar-refractivity contribution in [2.45, 2.75) is 20.8 Å². The summed E-state index contributed by atoms with van der Waals surface area (Å²) >= 11 is 0. The predicted octanol–water partition coefficient (Wildman–Crippen LogP) is 2.85. The van der Waals surface area contributed by atoms with Crippen molar-refractivity contribution in [1.29, 1.82) is 0 Å². The minimum Gasteiger partial charge on any atom is -0.424 e. The Morgan fingerprint density at radius 1 is 1.12 bits per heavy atom. The van der Waals surface area contributed by atoms with Gasteiger partial charge < -0.3 is 15.0 Å². The lowest BCUT2D eigenvalue weighted by atomic mass is 10.3. The zero-order chi connectivity index (χ0) is 17.5. The molecule has 0 aliphatic carbocycles. The summed E-state index contributed by atoms with van der Waals surface area (Å²) in [6.45, 7) is 8.14. The number of nitro groups is 1. The van der Waals surface area contributed by atoms with Gasteiger partial charge in [0, 0.05) is 31.8 Å². The molecule has 0 atom stereocenters. The standard InChI is InChI=1S/C15H20N6O3/c1-4-16-13-17-14(20(5-2)6-3)19-15(18-13)24-12-9-7-11(8-10-12)21(22)23/h7-10H,4-6H2,1-3H3,(H,16,17,18,19). The zero-order valence-corrected chi connectivity index (χ0v) is 13.9. The van der Waals surface area contributed by atoms with Crippen molar-refractivity contribution in [3.05, 3.63) is 34.4 Å². The number of nitrogens with one attached hydrogen (secondary N) is 1. The fourth-order valence-electron chi connectivity index (χ4n) is 2.02. The third kappa shape index (κ3) is 4.28. The van der Waals surface area contributed by atoms with Gasteiger partial charge in [0.2, 0.25) is 11.9 Å². The summed E-state index contributed by atoms with van der Waals surface area (Å²) in [5.41, 5.74) is -0.00448. The molecule has 0 bridgehead atoms. The molecule has 0 unspecified atom stereocenters. The average molecular weight is 332 g/mol. The van der Waals surface area contributed by atoms with Crippen LogP contribution in [0.25, 0.3) is 0 Å². The first-order valence-electron chi connectivity index (χ1n) is 7.74. The monoisotopic (exact) mass is 332 g/mol. The summed E-state index contributed by atoms with van der Waals surface area (Å²) in [6.07, 6.45) is 0. The Bertz CT molecular complexity index is 688. The van der Waals surface area contributed by atoms with E-state index in [-0.39, 0.29) is 11.7 Å². The number of anilines is 2. The fraction of sp³-hybridized carbons (Fsp3) is 0.400. The molecule has 2 rings (SSSR count). The number of hydrogen-bond acceptors (Lipinski definition) is 8. The van der Waals surface area contributed by atoms with Crippen molar-refractivity contribution in [3.8, 4) is 11.8 Å². The Morgan fingerprint density at radius 2 is 1.79 bits per heavy atom. The quantitative estimate of drug-likeness (QED) is 0.581. The van der Waals surface area contributed by atoms with Gasteiger partial charge in [-0.25, -0.2) is 0 Å². The SMILES string of the molecule is CCNc1nc(Oc2ccc([N+](=O)[O-])cc2)nc(N(CC)CC)n1. The molecule has 0 spiro atoms. The maximum Gasteiger partial charge on any atom is 0.328 e. The van der Waals surface area contributed by atoms with Gasteiger partial charge >= 0.3 is 6.01 Å². The molecular formula is C15H20N6O3. The van der Waals surface area contributed by atoms with E-state index in [1.807, 2.05) is 25.7 Å². The molecule has 0 fully saturated rings. The minimum absolute atomic E-state index is 0.00448. The molecule has 9 heteroatoms. The molecule has 9 nitrogen and oxygen atoms in total. The first-order chi connectivity index (χ1) is 11.6. The highest BCUT2D eigenvalue weighted by Crippen LogP contribution is 2.23. The van der Waals surface area contributed by atoms with Gasteiger partial charge in [0.15, 0.2) is 0 Å². The molecule has 0 aliphatic rings. The molecule has 0 amide bonds. The lowest BCUT2D eigenvalue weighted by Crippen LogP contribution is -2.25. The second kappa shape index (κ2) is 8.04. The number of ether oxygens (including phenoxy) is 1. The molecule has 1 heterocycles. The Kier molecular flexibility index (Phi) is 5.83. The van der Waals surface area contributed by atoms with E-state index >= 15 is 0 Å². The van der Waals surface area contributed by atoms with E-state index in [1.165, 1.54) is 24.3 Å². The summed E-state index contributed by atoms with van der Waals surface area (Å²) in [5, 5.41) is 13.7. The molecule has 1 aromatic heterocycles. The summed E-state index contributed by atoms with van der Waals surface area (Å²) in [4.78, 5) is 25.1. The highest BCUT2D eigenvalue weighted by molar-refractivity contribution is 5.40. The van der Waals surface area contributed by atoms with Crippen LogP contribution in [0.4, 0.5) is 17.6 Å². The van der Waals surface area contributed by atoms with E-state index in [1.54, 1.807) is 0 Å². The second-order valence-corrected chi connectivity index (χ2v) is 4.80. The average Bonchev–Trinajstić information content (AvgIpc) is 2.56. The Morgan fingerprint density at radius 3 is 2.33 bits per heavy atom. The number of nitrogens with zero attached hydrogens (tertiary/aromatic N) is 5. The fourth-order valence-corrected chi connectivity index (χ4v) is 2.02. The molecule has 1 N–H and O–H groups in total. The largest absolute Gasteiger partial charge is 0.424 e. The van der Waals surface area contributed by atoms with E-state index < -0.39 is 4.92 Å². The Balaban J connectivity index is 2.28. The van der Waals surface area contributed by atoms with Crippen molar-refractivity contribution in [2.24, 2.45) is 0 Å². The highest BCUT2D eigenvalue weighted by atomic mass is 16.6. The van der Waals surface area contributed by atoms with Crippen LogP contribution in [0.1, 0.15) is 20.8 Å². The molecular weight excluding hydrogens is 312 g/mol. The molecule has 0 aliphatic heterocycles. The summed E-state index contributed by atoms with van der Waals surface area (Å²) in [6, 6.07) is 5.88. The zero-order valence-electron chi connectivity index (χ0n) is 13.9. The van der Waals surface area contributed by atoms with Gasteiger partial charge in [-0.15, -0.1) is 0 Å². The molecule has 0 radical (unpaired) electrons. The molecule has 0 saturated carbocycles. The molecule has 128 valence electrons. The van der Waals surface area contributed by atoms with E-state index in [0.717, 1.165) is 13.1 Å². The van der Waals surface area contributed by atoms with Gasteiger partial charge in [0.25, 0.3) is 5.69 Å². The smallest absolute Gasteiger partial charge is 0.328 e. The van der Waals surface area contributed by atoms with Crippen molar-refractivity contribution >= 4 is 17.6 Å². The Labute approximate surface area is 139 Å². The molecule has 1 aromatic carbocycles. The van der Waals surface area contributed by atoms with Gasteiger partial charge in [-0.1, -0.05) is 0 Å². The first-order valence-corrected chi connectivity index (χ1v) is 7.74. The number of rotatable bonds is 8. The van der Waals surface area contributed by atoms with Gasteiger partial charge in [-0.3, -0.25) is 10.1 Å². The van der Waals surface area contributed by atoms with Crippen LogP contribution in [0.2, 0.25) is 0 Å². The Hall–Kier alpha value is -2.97. The van der Waals surface area contributed by atoms with Crippen LogP contribution in [-0.4, -0.2) is 39.5 Å². The summed E-state index contributed by atoms with van der Waals surface area (Å²) < 4.78 is 5.63. The van der Waals surface area contributed by atoms with Crippen LogP contribution in [-0.2, 0) is 0 Å². The number of aromatic nitrogens is 3. The van der Waals surface area contributed by atoms with Gasteiger partial charge in [0.05, 0.1) is 4.92 Å². The van der Waals surface area contributed by atoms with Crippen LogP contribution in [0.15, 0.2) is 24.3 Å². The van der Waals surface area contributed by atoms with Crippen LogP contribution in [0.5, 0.6) is 11.8 Å². The van der Waals surface area contributed by atoms with Gasteiger partial charge in [-0.05, 0) is 32.9 Å². The lowest BCUT2D eigenvalue weighted by molar-refractivity contribution is -0.384. The van der Waals surface area contributed by atoms with Crippen LogP contribution in [0, 0.1) is 10.1 Å². The lowest BCUT2D eigenvalue weighted by Gasteiger charge is -2.19. The first kappa shape index (κ1) is 17.4. The number of hydrogen-bond donors (Lipinski definition) is 1. The summed E-state index contributed by atoms with van der Waals surface area (Å²) in [5.74, 6) is 1.36. The normalized spacial score (nSPS) is 10.3. The molecule has 2 aromatic rings. The minimum atomic E-state index is -0.464. The molecule has 0 saturated heterocycles. The van der Waals surface area contributed by atoms with Crippen molar-refractivity contribution in [3.63, 3.8) is 0 Å². The van der Waals surface area contributed by atoms with E-state index in [2.05, 4.69) is 20.3 Å². The van der Waals surface area contributed by atoms with Crippen LogP contribution in [0.3, 0.4) is 0 Å². The second-order valence-electron chi connectivity index (χ2n) is 4.80. The van der Waals surface area contributed by atoms with Crippen LogP contribution < -0.4 is 15.0 Å². The number of benzene rings is 1. The highest BCUT2D eigenvalue weighted by Gasteiger charge is 2.13. The maximum absolute atomic E-state index is 10.7. The van der Waals surface area contributed by atoms with E-state index in [0.29, 0.717) is 24.2 Å². The van der Waals surface area contributed by atoms with Crippen LogP contribution >= 0.6 is 0 Å². The van der Waals surface area contributed by atoms with Crippen molar-refractivity contribution < 1.29 is 9.66 Å².